The van der Waals surface area contributed by atoms with E-state index in [2.05, 4.69) is 0 Å². The molecular weight excluding hydrogens is 258 g/mol. The van der Waals surface area contributed by atoms with Gasteiger partial charge in [-0.2, -0.15) is 0 Å². The van der Waals surface area contributed by atoms with Gasteiger partial charge in [0.25, 0.3) is 0 Å². The number of aliphatic hydroxyl groups is 1. The highest BCUT2D eigenvalue weighted by molar-refractivity contribution is 7.49. The summed E-state index contributed by atoms with van der Waals surface area (Å²) >= 11 is 0. The van der Waals surface area contributed by atoms with Gasteiger partial charge in [-0.15, -0.1) is 0 Å². The Labute approximate surface area is 105 Å². The molecule has 1 heterocycles. The van der Waals surface area contributed by atoms with E-state index in [0.29, 0.717) is 33.3 Å². The van der Waals surface area contributed by atoms with Crippen molar-refractivity contribution in [3.63, 3.8) is 0 Å². The molecule has 0 spiro atoms. The van der Waals surface area contributed by atoms with Crippen molar-refractivity contribution >= 4 is 17.2 Å². The van der Waals surface area contributed by atoms with Crippen LogP contribution in [0.4, 0.5) is 0 Å². The lowest BCUT2D eigenvalue weighted by atomic mass is 9.99. The molecule has 0 aromatic carbocycles. The number of rotatable bonds is 5. The summed E-state index contributed by atoms with van der Waals surface area (Å²) in [4.78, 5) is 0. The Morgan fingerprint density at radius 3 is 2.71 bits per heavy atom. The minimum atomic E-state index is -0.746. The molecule has 4 nitrogen and oxygen atoms in total. The van der Waals surface area contributed by atoms with Gasteiger partial charge >= 0.3 is 0 Å². The molecule has 0 aromatic heterocycles. The van der Waals surface area contributed by atoms with Gasteiger partial charge in [0, 0.05) is 11.3 Å². The third kappa shape index (κ3) is 4.01. The second kappa shape index (κ2) is 7.45. The van der Waals surface area contributed by atoms with Gasteiger partial charge in [-0.3, -0.25) is 0 Å². The van der Waals surface area contributed by atoms with Gasteiger partial charge in [-0.1, -0.05) is 12.2 Å². The highest BCUT2D eigenvalue weighted by Gasteiger charge is 2.40. The number of aliphatic hydroxyl groups excluding tert-OH is 1. The van der Waals surface area contributed by atoms with Crippen LogP contribution in [0, 0.1) is 0 Å². The van der Waals surface area contributed by atoms with Crippen LogP contribution in [0.5, 0.6) is 0 Å². The summed E-state index contributed by atoms with van der Waals surface area (Å²) in [5, 5.41) is 8.58. The molecule has 3 atom stereocenters. The fourth-order valence-electron chi connectivity index (χ4n) is 1.69. The fourth-order valence-corrected chi connectivity index (χ4v) is 4.92. The summed E-state index contributed by atoms with van der Waals surface area (Å²) in [6.07, 6.45) is 9.58. The maximum Gasteiger partial charge on any atom is 0.175 e. The molecular formula is C11H18O4P2. The van der Waals surface area contributed by atoms with Crippen LogP contribution in [-0.2, 0) is 13.6 Å². The normalized spacial score (nSPS) is 30.9. The lowest BCUT2D eigenvalue weighted by molar-refractivity contribution is 0.278. The molecule has 0 radical (unpaired) electrons. The molecule has 1 aliphatic carbocycles. The molecule has 6 heteroatoms. The lowest BCUT2D eigenvalue weighted by Crippen LogP contribution is -2.32. The zero-order chi connectivity index (χ0) is 11.9. The molecule has 0 saturated heterocycles. The molecule has 1 saturated carbocycles. The van der Waals surface area contributed by atoms with Gasteiger partial charge in [-0.25, -0.2) is 0 Å². The van der Waals surface area contributed by atoms with E-state index in [1.54, 1.807) is 12.3 Å². The summed E-state index contributed by atoms with van der Waals surface area (Å²) in [5.74, 6) is 0. The van der Waals surface area contributed by atoms with Crippen LogP contribution in [0.1, 0.15) is 12.8 Å². The Bertz CT molecular complexity index is 273. The van der Waals surface area contributed by atoms with Crippen molar-refractivity contribution in [2.45, 2.75) is 24.2 Å². The summed E-state index contributed by atoms with van der Waals surface area (Å²) in [6.45, 7) is 1.37. The maximum atomic E-state index is 8.58. The number of hydrogen-bond acceptors (Lipinski definition) is 4. The number of hydrogen-bond donors (Lipinski definition) is 1. The molecule has 1 N–H and O–H groups in total. The third-order valence-corrected chi connectivity index (χ3v) is 6.27. The SMILES string of the molecule is OC/C=C\OPC1CCC1P1OCC=CCO1. The van der Waals surface area contributed by atoms with Crippen molar-refractivity contribution in [3.05, 3.63) is 24.5 Å². The molecule has 0 bridgehead atoms. The maximum absolute atomic E-state index is 8.58. The van der Waals surface area contributed by atoms with Crippen LogP contribution >= 0.6 is 17.2 Å². The highest BCUT2D eigenvalue weighted by atomic mass is 31.2. The Morgan fingerprint density at radius 1 is 1.35 bits per heavy atom. The topological polar surface area (TPSA) is 47.9 Å². The van der Waals surface area contributed by atoms with Gasteiger partial charge in [0.15, 0.2) is 8.38 Å². The van der Waals surface area contributed by atoms with Gasteiger partial charge in [-0.05, 0) is 18.9 Å². The van der Waals surface area contributed by atoms with Crippen molar-refractivity contribution in [3.8, 4) is 0 Å². The van der Waals surface area contributed by atoms with Gasteiger partial charge in [0.05, 0.1) is 34.9 Å². The summed E-state index contributed by atoms with van der Waals surface area (Å²) in [6, 6.07) is 0. The minimum absolute atomic E-state index is 0.0309. The first-order chi connectivity index (χ1) is 8.42. The molecule has 0 aromatic rings. The van der Waals surface area contributed by atoms with Crippen LogP contribution in [0.3, 0.4) is 0 Å². The van der Waals surface area contributed by atoms with E-state index in [-0.39, 0.29) is 6.61 Å². The quantitative estimate of drug-likeness (QED) is 0.476. The second-order valence-corrected chi connectivity index (χ2v) is 6.85. The van der Waals surface area contributed by atoms with E-state index < -0.39 is 8.38 Å². The fraction of sp³-hybridized carbons (Fsp3) is 0.636. The van der Waals surface area contributed by atoms with Gasteiger partial charge in [0.1, 0.15) is 0 Å². The molecule has 1 aliphatic heterocycles. The second-order valence-electron chi connectivity index (χ2n) is 3.89. The monoisotopic (exact) mass is 276 g/mol. The smallest absolute Gasteiger partial charge is 0.175 e. The predicted octanol–water partition coefficient (Wildman–Crippen LogP) is 2.55. The minimum Gasteiger partial charge on any atom is -0.485 e. The first kappa shape index (κ1) is 13.5. The highest BCUT2D eigenvalue weighted by Crippen LogP contribution is 2.57. The lowest BCUT2D eigenvalue weighted by Gasteiger charge is -2.38. The van der Waals surface area contributed by atoms with Crippen molar-refractivity contribution < 1.29 is 18.7 Å². The Morgan fingerprint density at radius 2 is 2.12 bits per heavy atom. The average Bonchev–Trinajstić information content (AvgIpc) is 2.56. The van der Waals surface area contributed by atoms with E-state index in [9.17, 15) is 0 Å². The Balaban J connectivity index is 1.72. The largest absolute Gasteiger partial charge is 0.485 e. The molecule has 3 unspecified atom stereocenters. The molecule has 1 fully saturated rings. The first-order valence-electron chi connectivity index (χ1n) is 5.79. The van der Waals surface area contributed by atoms with Crippen LogP contribution < -0.4 is 0 Å². The van der Waals surface area contributed by atoms with E-state index >= 15 is 0 Å². The van der Waals surface area contributed by atoms with Crippen LogP contribution in [0.15, 0.2) is 24.5 Å². The summed E-state index contributed by atoms with van der Waals surface area (Å²) < 4.78 is 16.8. The average molecular weight is 276 g/mol. The zero-order valence-corrected chi connectivity index (χ0v) is 11.5. The van der Waals surface area contributed by atoms with Crippen LogP contribution in [-0.4, -0.2) is 36.2 Å². The summed E-state index contributed by atoms with van der Waals surface area (Å²) in [7, 11) is -0.303. The Kier molecular flexibility index (Phi) is 5.90. The third-order valence-electron chi connectivity index (χ3n) is 2.76. The standard InChI is InChI=1S/C11H18O4P2/c12-6-3-7-13-16-10-4-5-11(10)17-14-8-1-2-9-15-17/h1-3,7,10-12,16H,4-6,8-9H2/b7-3-. The van der Waals surface area contributed by atoms with Crippen molar-refractivity contribution in [1.82, 2.24) is 0 Å². The van der Waals surface area contributed by atoms with Gasteiger partial charge < -0.3 is 18.7 Å². The predicted molar refractivity (Wildman–Crippen MR) is 70.4 cm³/mol. The first-order valence-corrected chi connectivity index (χ1v) is 8.02. The summed E-state index contributed by atoms with van der Waals surface area (Å²) in [5.41, 5.74) is 1.08. The molecule has 17 heavy (non-hydrogen) atoms. The van der Waals surface area contributed by atoms with Crippen LogP contribution in [0.25, 0.3) is 0 Å². The Hall–Kier alpha value is 0.0200. The van der Waals surface area contributed by atoms with E-state index in [4.69, 9.17) is 18.7 Å². The van der Waals surface area contributed by atoms with Crippen molar-refractivity contribution in [1.29, 1.82) is 0 Å². The van der Waals surface area contributed by atoms with E-state index in [1.165, 1.54) is 12.8 Å². The molecule has 2 aliphatic rings. The van der Waals surface area contributed by atoms with Crippen molar-refractivity contribution in [2.75, 3.05) is 19.8 Å². The van der Waals surface area contributed by atoms with Crippen molar-refractivity contribution in [2.24, 2.45) is 0 Å². The molecule has 0 amide bonds. The molecule has 96 valence electrons. The van der Waals surface area contributed by atoms with Crippen LogP contribution in [0.2, 0.25) is 0 Å². The molecule has 2 rings (SSSR count). The van der Waals surface area contributed by atoms with Gasteiger partial charge in [0.2, 0.25) is 0 Å². The van der Waals surface area contributed by atoms with E-state index in [1.807, 2.05) is 12.2 Å². The van der Waals surface area contributed by atoms with E-state index in [0.717, 1.165) is 0 Å². The zero-order valence-electron chi connectivity index (χ0n) is 9.62.